The third-order valence-corrected chi connectivity index (χ3v) is 3.92. The van der Waals surface area contributed by atoms with Gasteiger partial charge in [0.2, 0.25) is 0 Å². The van der Waals surface area contributed by atoms with Gasteiger partial charge >= 0.3 is 0 Å². The van der Waals surface area contributed by atoms with Crippen molar-refractivity contribution < 1.29 is 4.74 Å². The smallest absolute Gasteiger partial charge is 0.123 e. The van der Waals surface area contributed by atoms with Crippen LogP contribution in [0.25, 0.3) is 0 Å². The highest BCUT2D eigenvalue weighted by Crippen LogP contribution is 2.29. The van der Waals surface area contributed by atoms with Gasteiger partial charge in [0.25, 0.3) is 0 Å². The third kappa shape index (κ3) is 2.37. The minimum absolute atomic E-state index is 0.508. The monoisotopic (exact) mass is 268 g/mol. The Balaban J connectivity index is 1.82. The molecule has 3 heteroatoms. The second-order valence-corrected chi connectivity index (χ2v) is 5.15. The molecule has 1 heterocycles. The lowest BCUT2D eigenvalue weighted by Crippen LogP contribution is -2.19. The van der Waals surface area contributed by atoms with Crippen LogP contribution in [0.4, 0.5) is 5.69 Å². The number of nitrogens with zero attached hydrogens (tertiary/aromatic N) is 1. The topological polar surface area (TPSA) is 38.5 Å². The molecule has 3 rings (SSSR count). The second kappa shape index (κ2) is 5.55. The molecule has 2 aromatic carbocycles. The summed E-state index contributed by atoms with van der Waals surface area (Å²) in [5, 5.41) is 0. The van der Waals surface area contributed by atoms with Crippen LogP contribution in [-0.2, 0) is 19.5 Å². The molecule has 3 nitrogen and oxygen atoms in total. The van der Waals surface area contributed by atoms with Gasteiger partial charge in [-0.25, -0.2) is 0 Å². The van der Waals surface area contributed by atoms with Gasteiger partial charge in [0.05, 0.1) is 7.11 Å². The fraction of sp³-hybridized carbons (Fsp3) is 0.294. The van der Waals surface area contributed by atoms with E-state index in [-0.39, 0.29) is 0 Å². The van der Waals surface area contributed by atoms with Crippen LogP contribution in [0.5, 0.6) is 5.75 Å². The molecular formula is C17H20N2O. The van der Waals surface area contributed by atoms with E-state index < -0.39 is 0 Å². The number of para-hydroxylation sites is 1. The Bertz CT molecular complexity index is 610. The normalized spacial score (nSPS) is 13.4. The first-order valence-corrected chi connectivity index (χ1v) is 7.00. The summed E-state index contributed by atoms with van der Waals surface area (Å²) in [5.74, 6) is 0.873. The number of hydrogen-bond donors (Lipinski definition) is 1. The van der Waals surface area contributed by atoms with Crippen molar-refractivity contribution >= 4 is 5.69 Å². The Morgan fingerprint density at radius 1 is 1.20 bits per heavy atom. The van der Waals surface area contributed by atoms with Crippen LogP contribution in [0.1, 0.15) is 16.7 Å². The van der Waals surface area contributed by atoms with Crippen molar-refractivity contribution in [2.45, 2.75) is 19.5 Å². The molecule has 2 aromatic rings. The van der Waals surface area contributed by atoms with Crippen molar-refractivity contribution in [1.82, 2.24) is 0 Å². The number of ether oxygens (including phenoxy) is 1. The van der Waals surface area contributed by atoms with E-state index in [9.17, 15) is 0 Å². The Labute approximate surface area is 120 Å². The van der Waals surface area contributed by atoms with Crippen molar-refractivity contribution in [3.05, 3.63) is 59.2 Å². The zero-order valence-electron chi connectivity index (χ0n) is 11.8. The van der Waals surface area contributed by atoms with Crippen molar-refractivity contribution in [1.29, 1.82) is 0 Å². The van der Waals surface area contributed by atoms with Crippen molar-refractivity contribution in [3.63, 3.8) is 0 Å². The van der Waals surface area contributed by atoms with Crippen LogP contribution < -0.4 is 15.4 Å². The first-order valence-electron chi connectivity index (χ1n) is 7.00. The molecule has 104 valence electrons. The quantitative estimate of drug-likeness (QED) is 0.926. The fourth-order valence-corrected chi connectivity index (χ4v) is 2.88. The average Bonchev–Trinajstić information content (AvgIpc) is 2.90. The van der Waals surface area contributed by atoms with Crippen LogP contribution in [0.15, 0.2) is 42.5 Å². The highest BCUT2D eigenvalue weighted by molar-refractivity contribution is 5.58. The van der Waals surface area contributed by atoms with Gasteiger partial charge in [-0.1, -0.05) is 24.3 Å². The second-order valence-electron chi connectivity index (χ2n) is 5.15. The van der Waals surface area contributed by atoms with Crippen molar-refractivity contribution in [2.75, 3.05) is 18.6 Å². The number of benzene rings is 2. The van der Waals surface area contributed by atoms with E-state index in [4.69, 9.17) is 10.5 Å². The Kier molecular flexibility index (Phi) is 3.61. The summed E-state index contributed by atoms with van der Waals surface area (Å²) in [6.45, 7) is 2.52. The molecule has 0 spiro atoms. The van der Waals surface area contributed by atoms with E-state index in [1.165, 1.54) is 16.8 Å². The number of rotatable bonds is 4. The van der Waals surface area contributed by atoms with Crippen LogP contribution in [0, 0.1) is 0 Å². The lowest BCUT2D eigenvalue weighted by atomic mass is 10.1. The number of fused-ring (bicyclic) bond motifs is 1. The van der Waals surface area contributed by atoms with Gasteiger partial charge in [-0.2, -0.15) is 0 Å². The van der Waals surface area contributed by atoms with E-state index >= 15 is 0 Å². The first kappa shape index (κ1) is 13.0. The first-order chi connectivity index (χ1) is 9.81. The molecule has 0 bridgehead atoms. The summed E-state index contributed by atoms with van der Waals surface area (Å²) in [5.41, 5.74) is 10.9. The lowest BCUT2D eigenvalue weighted by Gasteiger charge is -2.20. The van der Waals surface area contributed by atoms with Gasteiger partial charge in [0.1, 0.15) is 5.75 Å². The van der Waals surface area contributed by atoms with Gasteiger partial charge in [-0.3, -0.25) is 0 Å². The van der Waals surface area contributed by atoms with Crippen LogP contribution in [0.2, 0.25) is 0 Å². The van der Waals surface area contributed by atoms with Crippen LogP contribution in [0.3, 0.4) is 0 Å². The van der Waals surface area contributed by atoms with Crippen molar-refractivity contribution in [2.24, 2.45) is 5.73 Å². The molecule has 0 saturated carbocycles. The molecular weight excluding hydrogens is 248 g/mol. The minimum Gasteiger partial charge on any atom is -0.496 e. The zero-order valence-corrected chi connectivity index (χ0v) is 11.8. The molecule has 0 aliphatic carbocycles. The van der Waals surface area contributed by atoms with E-state index in [1.807, 2.05) is 6.07 Å². The third-order valence-electron chi connectivity index (χ3n) is 3.92. The summed E-state index contributed by atoms with van der Waals surface area (Å²) in [6, 6.07) is 14.9. The van der Waals surface area contributed by atoms with Crippen LogP contribution >= 0.6 is 0 Å². The molecule has 1 aliphatic rings. The Morgan fingerprint density at radius 3 is 2.85 bits per heavy atom. The summed E-state index contributed by atoms with van der Waals surface area (Å²) in [4.78, 5) is 2.43. The predicted molar refractivity (Wildman–Crippen MR) is 82.1 cm³/mol. The molecule has 0 saturated heterocycles. The fourth-order valence-electron chi connectivity index (χ4n) is 2.88. The number of nitrogens with two attached hydrogens (primary N) is 1. The Morgan fingerprint density at radius 2 is 2.05 bits per heavy atom. The summed E-state index contributed by atoms with van der Waals surface area (Å²) in [7, 11) is 1.69. The van der Waals surface area contributed by atoms with Gasteiger partial charge in [0.15, 0.2) is 0 Å². The number of anilines is 1. The molecule has 2 N–H and O–H groups in total. The maximum atomic E-state index is 5.79. The highest BCUT2D eigenvalue weighted by atomic mass is 16.5. The van der Waals surface area contributed by atoms with Gasteiger partial charge in [0, 0.05) is 30.9 Å². The molecule has 0 aromatic heterocycles. The standard InChI is InChI=1S/C17H20N2O/c1-20-17-7-6-13(10-15(17)11-18)12-19-9-8-14-4-2-3-5-16(14)19/h2-7,10H,8-9,11-12,18H2,1H3. The molecule has 0 atom stereocenters. The predicted octanol–water partition coefficient (Wildman–Crippen LogP) is 2.72. The largest absolute Gasteiger partial charge is 0.496 e. The van der Waals surface area contributed by atoms with Gasteiger partial charge in [-0.15, -0.1) is 0 Å². The van der Waals surface area contributed by atoms with E-state index in [1.54, 1.807) is 7.11 Å². The molecule has 0 radical (unpaired) electrons. The average molecular weight is 268 g/mol. The molecule has 1 aliphatic heterocycles. The highest BCUT2D eigenvalue weighted by Gasteiger charge is 2.18. The molecule has 0 unspecified atom stereocenters. The summed E-state index contributed by atoms with van der Waals surface area (Å²) >= 11 is 0. The van der Waals surface area contributed by atoms with Gasteiger partial charge in [-0.05, 0) is 35.7 Å². The molecule has 0 fully saturated rings. The van der Waals surface area contributed by atoms with Crippen LogP contribution in [-0.4, -0.2) is 13.7 Å². The lowest BCUT2D eigenvalue weighted by molar-refractivity contribution is 0.409. The van der Waals surface area contributed by atoms with Gasteiger partial charge < -0.3 is 15.4 Å². The molecule has 0 amide bonds. The maximum absolute atomic E-state index is 5.79. The molecule has 20 heavy (non-hydrogen) atoms. The SMILES string of the molecule is COc1ccc(CN2CCc3ccccc32)cc1CN. The number of methoxy groups -OCH3 is 1. The van der Waals surface area contributed by atoms with E-state index in [0.717, 1.165) is 30.8 Å². The number of hydrogen-bond acceptors (Lipinski definition) is 3. The minimum atomic E-state index is 0.508. The maximum Gasteiger partial charge on any atom is 0.123 e. The Hall–Kier alpha value is -2.00. The van der Waals surface area contributed by atoms with E-state index in [0.29, 0.717) is 6.54 Å². The van der Waals surface area contributed by atoms with Crippen molar-refractivity contribution in [3.8, 4) is 5.75 Å². The van der Waals surface area contributed by atoms with E-state index in [2.05, 4.69) is 41.3 Å². The summed E-state index contributed by atoms with van der Waals surface area (Å²) in [6.07, 6.45) is 1.13. The summed E-state index contributed by atoms with van der Waals surface area (Å²) < 4.78 is 5.32. The zero-order chi connectivity index (χ0) is 13.9.